The van der Waals surface area contributed by atoms with E-state index in [-0.39, 0.29) is 0 Å². The van der Waals surface area contributed by atoms with Gasteiger partial charge >= 0.3 is 0 Å². The molecule has 0 N–H and O–H groups in total. The molecule has 1 aromatic heterocycles. The molecule has 0 atom stereocenters. The molecule has 0 bridgehead atoms. The molecule has 4 heteroatoms. The summed E-state index contributed by atoms with van der Waals surface area (Å²) >= 11 is 0. The van der Waals surface area contributed by atoms with Gasteiger partial charge in [-0.2, -0.15) is 5.10 Å². The number of hydrogen-bond donors (Lipinski definition) is 0. The SMILES string of the molecule is CC.Cc1cnn(Cc2ccc(F)c(F)c2)c1. The second kappa shape index (κ2) is 6.13. The second-order valence-corrected chi connectivity index (χ2v) is 3.46. The third-order valence-electron chi connectivity index (χ3n) is 2.09. The van der Waals surface area contributed by atoms with Crippen LogP contribution in [0.25, 0.3) is 0 Å². The van der Waals surface area contributed by atoms with Crippen molar-refractivity contribution < 1.29 is 8.78 Å². The zero-order valence-corrected chi connectivity index (χ0v) is 10.2. The van der Waals surface area contributed by atoms with Crippen LogP contribution < -0.4 is 0 Å². The molecule has 0 fully saturated rings. The molecule has 2 rings (SSSR count). The molecule has 0 amide bonds. The molecule has 17 heavy (non-hydrogen) atoms. The maximum atomic E-state index is 12.9. The van der Waals surface area contributed by atoms with E-state index >= 15 is 0 Å². The lowest BCUT2D eigenvalue weighted by Crippen LogP contribution is -2.00. The van der Waals surface area contributed by atoms with E-state index in [1.807, 2.05) is 27.0 Å². The lowest BCUT2D eigenvalue weighted by Gasteiger charge is -2.02. The number of halogens is 2. The van der Waals surface area contributed by atoms with Crippen LogP contribution in [0.4, 0.5) is 8.78 Å². The molecule has 0 radical (unpaired) electrons. The third kappa shape index (κ3) is 3.66. The van der Waals surface area contributed by atoms with E-state index in [2.05, 4.69) is 5.10 Å². The van der Waals surface area contributed by atoms with Crippen molar-refractivity contribution in [3.05, 3.63) is 53.4 Å². The standard InChI is InChI=1S/C11H10F2N2.C2H6/c1-8-5-14-15(6-8)7-9-2-3-10(12)11(13)4-9;1-2/h2-6H,7H2,1H3;1-2H3. The summed E-state index contributed by atoms with van der Waals surface area (Å²) in [7, 11) is 0. The number of hydrogen-bond acceptors (Lipinski definition) is 1. The third-order valence-corrected chi connectivity index (χ3v) is 2.09. The van der Waals surface area contributed by atoms with E-state index in [0.717, 1.165) is 11.6 Å². The smallest absolute Gasteiger partial charge is 0.159 e. The van der Waals surface area contributed by atoms with Crippen molar-refractivity contribution in [3.8, 4) is 0 Å². The van der Waals surface area contributed by atoms with E-state index in [4.69, 9.17) is 0 Å². The predicted molar refractivity (Wildman–Crippen MR) is 63.8 cm³/mol. The highest BCUT2D eigenvalue weighted by Gasteiger charge is 2.03. The Bertz CT molecular complexity index is 478. The Morgan fingerprint density at radius 3 is 2.41 bits per heavy atom. The van der Waals surface area contributed by atoms with Crippen LogP contribution in [0.2, 0.25) is 0 Å². The Kier molecular flexibility index (Phi) is 4.82. The molecular formula is C13H16F2N2. The normalized spacial score (nSPS) is 9.71. The first kappa shape index (κ1) is 13.4. The lowest BCUT2D eigenvalue weighted by molar-refractivity contribution is 0.506. The predicted octanol–water partition coefficient (Wildman–Crippen LogP) is 3.54. The van der Waals surface area contributed by atoms with Gasteiger partial charge in [0, 0.05) is 6.20 Å². The van der Waals surface area contributed by atoms with Gasteiger partial charge in [0.25, 0.3) is 0 Å². The Morgan fingerprint density at radius 1 is 1.18 bits per heavy atom. The van der Waals surface area contributed by atoms with Gasteiger partial charge in [0.1, 0.15) is 0 Å². The van der Waals surface area contributed by atoms with Crippen LogP contribution in [0, 0.1) is 18.6 Å². The van der Waals surface area contributed by atoms with Gasteiger partial charge in [-0.1, -0.05) is 19.9 Å². The molecule has 0 saturated heterocycles. The molecule has 0 aliphatic carbocycles. The summed E-state index contributed by atoms with van der Waals surface area (Å²) in [5.41, 5.74) is 1.73. The highest BCUT2D eigenvalue weighted by molar-refractivity contribution is 5.18. The van der Waals surface area contributed by atoms with Crippen molar-refractivity contribution in [3.63, 3.8) is 0 Å². The molecule has 0 unspecified atom stereocenters. The maximum absolute atomic E-state index is 12.9. The molecular weight excluding hydrogens is 222 g/mol. The van der Waals surface area contributed by atoms with E-state index in [1.54, 1.807) is 16.9 Å². The zero-order valence-electron chi connectivity index (χ0n) is 10.2. The number of rotatable bonds is 2. The zero-order chi connectivity index (χ0) is 12.8. The number of aryl methyl sites for hydroxylation is 1. The summed E-state index contributed by atoms with van der Waals surface area (Å²) in [5, 5.41) is 4.06. The first-order valence-electron chi connectivity index (χ1n) is 5.58. The molecule has 0 aliphatic rings. The molecule has 1 heterocycles. The first-order chi connectivity index (χ1) is 8.15. The molecule has 0 saturated carbocycles. The highest BCUT2D eigenvalue weighted by atomic mass is 19.2. The van der Waals surface area contributed by atoms with E-state index in [0.29, 0.717) is 12.1 Å². The first-order valence-corrected chi connectivity index (χ1v) is 5.58. The van der Waals surface area contributed by atoms with Gasteiger partial charge < -0.3 is 0 Å². The van der Waals surface area contributed by atoms with Crippen LogP contribution >= 0.6 is 0 Å². The second-order valence-electron chi connectivity index (χ2n) is 3.46. The van der Waals surface area contributed by atoms with Gasteiger partial charge in [-0.3, -0.25) is 4.68 Å². The highest BCUT2D eigenvalue weighted by Crippen LogP contribution is 2.10. The van der Waals surface area contributed by atoms with Gasteiger partial charge in [0.05, 0.1) is 12.7 Å². The van der Waals surface area contributed by atoms with Crippen molar-refractivity contribution in [1.82, 2.24) is 9.78 Å². The van der Waals surface area contributed by atoms with E-state index < -0.39 is 11.6 Å². The summed E-state index contributed by atoms with van der Waals surface area (Å²) in [5.74, 6) is -1.65. The van der Waals surface area contributed by atoms with Crippen LogP contribution in [0.15, 0.2) is 30.6 Å². The summed E-state index contributed by atoms with van der Waals surface area (Å²) in [4.78, 5) is 0. The average molecular weight is 238 g/mol. The fraction of sp³-hybridized carbons (Fsp3) is 0.308. The molecule has 1 aromatic carbocycles. The average Bonchev–Trinajstić information content (AvgIpc) is 2.72. The maximum Gasteiger partial charge on any atom is 0.159 e. The van der Waals surface area contributed by atoms with E-state index in [9.17, 15) is 8.78 Å². The quantitative estimate of drug-likeness (QED) is 0.782. The number of benzene rings is 1. The van der Waals surface area contributed by atoms with Crippen molar-refractivity contribution in [2.45, 2.75) is 27.3 Å². The van der Waals surface area contributed by atoms with Crippen LogP contribution in [0.3, 0.4) is 0 Å². The number of nitrogens with zero attached hydrogens (tertiary/aromatic N) is 2. The monoisotopic (exact) mass is 238 g/mol. The van der Waals surface area contributed by atoms with Crippen molar-refractivity contribution in [1.29, 1.82) is 0 Å². The minimum Gasteiger partial charge on any atom is -0.268 e. The van der Waals surface area contributed by atoms with E-state index in [1.165, 1.54) is 6.07 Å². The van der Waals surface area contributed by atoms with Crippen molar-refractivity contribution >= 4 is 0 Å². The Labute approximate surface area is 99.9 Å². The van der Waals surface area contributed by atoms with Crippen molar-refractivity contribution in [2.24, 2.45) is 0 Å². The Morgan fingerprint density at radius 2 is 1.88 bits per heavy atom. The molecule has 0 aliphatic heterocycles. The van der Waals surface area contributed by atoms with Crippen molar-refractivity contribution in [2.75, 3.05) is 0 Å². The molecule has 2 aromatic rings. The fourth-order valence-corrected chi connectivity index (χ4v) is 1.38. The number of aromatic nitrogens is 2. The van der Waals surface area contributed by atoms with Gasteiger partial charge in [-0.25, -0.2) is 8.78 Å². The molecule has 2 nitrogen and oxygen atoms in total. The molecule has 0 spiro atoms. The van der Waals surface area contributed by atoms with Crippen LogP contribution in [0.5, 0.6) is 0 Å². The van der Waals surface area contributed by atoms with Gasteiger partial charge in [0.2, 0.25) is 0 Å². The topological polar surface area (TPSA) is 17.8 Å². The summed E-state index contributed by atoms with van der Waals surface area (Å²) in [6.45, 7) is 6.37. The fourth-order valence-electron chi connectivity index (χ4n) is 1.38. The lowest BCUT2D eigenvalue weighted by atomic mass is 10.2. The van der Waals surface area contributed by atoms with Gasteiger partial charge in [-0.05, 0) is 30.2 Å². The van der Waals surface area contributed by atoms with Crippen LogP contribution in [-0.2, 0) is 6.54 Å². The Balaban J connectivity index is 0.000000686. The van der Waals surface area contributed by atoms with Gasteiger partial charge in [-0.15, -0.1) is 0 Å². The van der Waals surface area contributed by atoms with Crippen LogP contribution in [0.1, 0.15) is 25.0 Å². The summed E-state index contributed by atoms with van der Waals surface area (Å²) in [6.07, 6.45) is 3.57. The largest absolute Gasteiger partial charge is 0.268 e. The Hall–Kier alpha value is -1.71. The molecule has 92 valence electrons. The van der Waals surface area contributed by atoms with Crippen LogP contribution in [-0.4, -0.2) is 9.78 Å². The minimum atomic E-state index is -0.824. The summed E-state index contributed by atoms with van der Waals surface area (Å²) < 4.78 is 27.2. The minimum absolute atomic E-state index is 0.449. The summed E-state index contributed by atoms with van der Waals surface area (Å²) in [6, 6.07) is 3.86. The van der Waals surface area contributed by atoms with Gasteiger partial charge in [0.15, 0.2) is 11.6 Å².